The van der Waals surface area contributed by atoms with Crippen LogP contribution in [0.2, 0.25) is 0 Å². The molecule has 0 saturated heterocycles. The molecule has 2 N–H and O–H groups in total. The van der Waals surface area contributed by atoms with Crippen LogP contribution in [0.15, 0.2) is 54.6 Å². The first-order valence-corrected chi connectivity index (χ1v) is 6.70. The average molecular weight is 240 g/mol. The van der Waals surface area contributed by atoms with Crippen molar-refractivity contribution in [3.8, 4) is 0 Å². The van der Waals surface area contributed by atoms with Crippen molar-refractivity contribution in [3.05, 3.63) is 71.3 Å². The summed E-state index contributed by atoms with van der Waals surface area (Å²) in [5.74, 6) is 0.618. The fourth-order valence-electron chi connectivity index (χ4n) is 2.06. The van der Waals surface area contributed by atoms with Gasteiger partial charge in [0.15, 0.2) is 0 Å². The van der Waals surface area contributed by atoms with Crippen LogP contribution in [0.5, 0.6) is 0 Å². The lowest BCUT2D eigenvalue weighted by molar-refractivity contribution is -0.686. The molecule has 1 nitrogen and oxygen atoms in total. The zero-order valence-corrected chi connectivity index (χ0v) is 11.3. The summed E-state index contributed by atoms with van der Waals surface area (Å²) >= 11 is 0. The van der Waals surface area contributed by atoms with E-state index in [1.54, 1.807) is 0 Å². The Morgan fingerprint density at radius 3 is 1.89 bits per heavy atom. The summed E-state index contributed by atoms with van der Waals surface area (Å²) in [4.78, 5) is 0. The minimum absolute atomic E-state index is 0.618. The SMILES string of the molecule is CC(C)c1ccc(C[NH2+]Cc2ccccc2)cc1. The van der Waals surface area contributed by atoms with E-state index in [0.717, 1.165) is 13.1 Å². The summed E-state index contributed by atoms with van der Waals surface area (Å²) < 4.78 is 0. The first kappa shape index (κ1) is 12.8. The van der Waals surface area contributed by atoms with Crippen LogP contribution in [0.1, 0.15) is 36.5 Å². The molecule has 0 fully saturated rings. The number of quaternary nitrogens is 1. The van der Waals surface area contributed by atoms with Crippen LogP contribution in [-0.2, 0) is 13.1 Å². The zero-order valence-electron chi connectivity index (χ0n) is 11.3. The van der Waals surface area contributed by atoms with Gasteiger partial charge in [0.2, 0.25) is 0 Å². The molecule has 0 saturated carbocycles. The second-order valence-electron chi connectivity index (χ2n) is 5.08. The minimum Gasteiger partial charge on any atom is -0.339 e. The van der Waals surface area contributed by atoms with Gasteiger partial charge >= 0.3 is 0 Å². The smallest absolute Gasteiger partial charge is 0.101 e. The van der Waals surface area contributed by atoms with Gasteiger partial charge in [0.25, 0.3) is 0 Å². The number of hydrogen-bond donors (Lipinski definition) is 1. The van der Waals surface area contributed by atoms with E-state index in [-0.39, 0.29) is 0 Å². The molecule has 0 bridgehead atoms. The van der Waals surface area contributed by atoms with Gasteiger partial charge < -0.3 is 5.32 Å². The molecule has 0 amide bonds. The zero-order chi connectivity index (χ0) is 12.8. The Kier molecular flexibility index (Phi) is 4.54. The van der Waals surface area contributed by atoms with E-state index < -0.39 is 0 Å². The second-order valence-corrected chi connectivity index (χ2v) is 5.08. The van der Waals surface area contributed by atoms with Crippen LogP contribution in [0.25, 0.3) is 0 Å². The molecule has 0 aliphatic rings. The number of nitrogens with two attached hydrogens (primary N) is 1. The highest BCUT2D eigenvalue weighted by Crippen LogP contribution is 2.14. The molecule has 0 aliphatic carbocycles. The lowest BCUT2D eigenvalue weighted by Gasteiger charge is -2.06. The van der Waals surface area contributed by atoms with Crippen molar-refractivity contribution in [2.45, 2.75) is 32.9 Å². The Bertz CT molecular complexity index is 457. The maximum atomic E-state index is 2.35. The van der Waals surface area contributed by atoms with Crippen LogP contribution < -0.4 is 5.32 Å². The van der Waals surface area contributed by atoms with Crippen LogP contribution in [0.4, 0.5) is 0 Å². The van der Waals surface area contributed by atoms with Gasteiger partial charge in [-0.1, -0.05) is 68.4 Å². The summed E-state index contributed by atoms with van der Waals surface area (Å²) in [5.41, 5.74) is 4.20. The van der Waals surface area contributed by atoms with Crippen LogP contribution in [-0.4, -0.2) is 0 Å². The van der Waals surface area contributed by atoms with Gasteiger partial charge in [-0.3, -0.25) is 0 Å². The molecule has 2 rings (SSSR count). The molecule has 0 aliphatic heterocycles. The molecule has 0 aromatic heterocycles. The highest BCUT2D eigenvalue weighted by Gasteiger charge is 2.00. The number of hydrogen-bond acceptors (Lipinski definition) is 0. The minimum atomic E-state index is 0.618. The van der Waals surface area contributed by atoms with E-state index >= 15 is 0 Å². The van der Waals surface area contributed by atoms with Crippen LogP contribution >= 0.6 is 0 Å². The highest BCUT2D eigenvalue weighted by molar-refractivity contribution is 5.24. The van der Waals surface area contributed by atoms with E-state index in [4.69, 9.17) is 0 Å². The fourth-order valence-corrected chi connectivity index (χ4v) is 2.06. The predicted octanol–water partition coefficient (Wildman–Crippen LogP) is 3.07. The van der Waals surface area contributed by atoms with E-state index in [2.05, 4.69) is 73.8 Å². The number of benzene rings is 2. The van der Waals surface area contributed by atoms with Crippen molar-refractivity contribution in [3.63, 3.8) is 0 Å². The summed E-state index contributed by atoms with van der Waals surface area (Å²) in [6.45, 7) is 6.56. The average Bonchev–Trinajstić information content (AvgIpc) is 2.40. The summed E-state index contributed by atoms with van der Waals surface area (Å²) in [6.07, 6.45) is 0. The van der Waals surface area contributed by atoms with E-state index in [1.165, 1.54) is 16.7 Å². The Balaban J connectivity index is 1.83. The van der Waals surface area contributed by atoms with Crippen molar-refractivity contribution >= 4 is 0 Å². The standard InChI is InChI=1S/C17H21N/c1-14(2)17-10-8-16(9-11-17)13-18-12-15-6-4-3-5-7-15/h3-11,14,18H,12-13H2,1-2H3/p+1. The third kappa shape index (κ3) is 3.71. The normalized spacial score (nSPS) is 10.8. The quantitative estimate of drug-likeness (QED) is 0.827. The van der Waals surface area contributed by atoms with E-state index in [9.17, 15) is 0 Å². The molecular formula is C17H22N+. The van der Waals surface area contributed by atoms with Gasteiger partial charge in [0.05, 0.1) is 0 Å². The maximum absolute atomic E-state index is 2.35. The molecular weight excluding hydrogens is 218 g/mol. The van der Waals surface area contributed by atoms with Gasteiger partial charge in [0, 0.05) is 11.1 Å². The molecule has 0 radical (unpaired) electrons. The first-order chi connectivity index (χ1) is 8.75. The topological polar surface area (TPSA) is 16.6 Å². The lowest BCUT2D eigenvalue weighted by Crippen LogP contribution is -2.80. The monoisotopic (exact) mass is 240 g/mol. The van der Waals surface area contributed by atoms with Gasteiger partial charge in [-0.05, 0) is 11.5 Å². The largest absolute Gasteiger partial charge is 0.339 e. The Morgan fingerprint density at radius 1 is 0.778 bits per heavy atom. The van der Waals surface area contributed by atoms with Gasteiger partial charge in [0.1, 0.15) is 13.1 Å². The Labute approximate surface area is 110 Å². The Morgan fingerprint density at radius 2 is 1.33 bits per heavy atom. The van der Waals surface area contributed by atoms with Crippen molar-refractivity contribution < 1.29 is 5.32 Å². The van der Waals surface area contributed by atoms with E-state index in [0.29, 0.717) is 5.92 Å². The molecule has 18 heavy (non-hydrogen) atoms. The third-order valence-electron chi connectivity index (χ3n) is 3.25. The van der Waals surface area contributed by atoms with Gasteiger partial charge in [-0.15, -0.1) is 0 Å². The van der Waals surface area contributed by atoms with Crippen LogP contribution in [0.3, 0.4) is 0 Å². The molecule has 0 unspecified atom stereocenters. The van der Waals surface area contributed by atoms with Crippen molar-refractivity contribution in [1.82, 2.24) is 0 Å². The molecule has 94 valence electrons. The molecule has 0 heterocycles. The van der Waals surface area contributed by atoms with Crippen LogP contribution in [0, 0.1) is 0 Å². The van der Waals surface area contributed by atoms with Crippen molar-refractivity contribution in [2.24, 2.45) is 0 Å². The van der Waals surface area contributed by atoms with Gasteiger partial charge in [-0.25, -0.2) is 0 Å². The number of rotatable bonds is 5. The van der Waals surface area contributed by atoms with Crippen molar-refractivity contribution in [2.75, 3.05) is 0 Å². The summed E-state index contributed by atoms with van der Waals surface area (Å²) in [7, 11) is 0. The highest BCUT2D eigenvalue weighted by atomic mass is 14.8. The predicted molar refractivity (Wildman–Crippen MR) is 76.3 cm³/mol. The molecule has 2 aromatic rings. The molecule has 0 spiro atoms. The summed E-state index contributed by atoms with van der Waals surface area (Å²) in [5, 5.41) is 2.35. The van der Waals surface area contributed by atoms with E-state index in [1.807, 2.05) is 0 Å². The van der Waals surface area contributed by atoms with Gasteiger partial charge in [-0.2, -0.15) is 0 Å². The first-order valence-electron chi connectivity index (χ1n) is 6.70. The lowest BCUT2D eigenvalue weighted by atomic mass is 10.0. The van der Waals surface area contributed by atoms with Crippen molar-refractivity contribution in [1.29, 1.82) is 0 Å². The third-order valence-corrected chi connectivity index (χ3v) is 3.25. The fraction of sp³-hybridized carbons (Fsp3) is 0.294. The summed E-state index contributed by atoms with van der Waals surface area (Å²) in [6, 6.07) is 19.6. The molecule has 1 heteroatoms. The Hall–Kier alpha value is -1.60. The molecule has 2 aromatic carbocycles. The molecule has 0 atom stereocenters. The second kappa shape index (κ2) is 6.36. The maximum Gasteiger partial charge on any atom is 0.101 e.